The predicted octanol–water partition coefficient (Wildman–Crippen LogP) is 9.17. The molecule has 1 aromatic rings. The van der Waals surface area contributed by atoms with Gasteiger partial charge in [-0.25, -0.2) is 0 Å². The fourth-order valence-corrected chi connectivity index (χ4v) is 3.98. The molecule has 3 N–H and O–H groups in total. The van der Waals surface area contributed by atoms with Crippen molar-refractivity contribution in [3.8, 4) is 0 Å². The molecule has 0 heterocycles. The van der Waals surface area contributed by atoms with Crippen molar-refractivity contribution in [3.63, 3.8) is 0 Å². The summed E-state index contributed by atoms with van der Waals surface area (Å²) in [4.78, 5) is 0. The lowest BCUT2D eigenvalue weighted by atomic mass is 9.82. The monoisotopic (exact) mass is 375 g/mol. The summed E-state index contributed by atoms with van der Waals surface area (Å²) in [5, 5.41) is 0. The van der Waals surface area contributed by atoms with Gasteiger partial charge in [0.05, 0.1) is 0 Å². The standard InChI is InChI=1S/C26H46.H3N/c1-5-6-7-8-9-10-11-12-13-14-15-16-17-18-21-24-22-19-20-23-25(24)26(2,3)4;/h19-20,22-23H,5-18,21H2,1-4H3;1H3. The molecule has 0 saturated carbocycles. The van der Waals surface area contributed by atoms with Crippen LogP contribution in [0.5, 0.6) is 0 Å². The lowest BCUT2D eigenvalue weighted by molar-refractivity contribution is 0.534. The van der Waals surface area contributed by atoms with E-state index in [-0.39, 0.29) is 11.6 Å². The Morgan fingerprint density at radius 2 is 1.00 bits per heavy atom. The fourth-order valence-electron chi connectivity index (χ4n) is 3.98. The Kier molecular flexibility index (Phi) is 15.7. The lowest BCUT2D eigenvalue weighted by Gasteiger charge is -2.22. The molecule has 27 heavy (non-hydrogen) atoms. The number of benzene rings is 1. The van der Waals surface area contributed by atoms with E-state index in [0.29, 0.717) is 0 Å². The van der Waals surface area contributed by atoms with Crippen LogP contribution >= 0.6 is 0 Å². The molecule has 0 bridgehead atoms. The Morgan fingerprint density at radius 1 is 0.593 bits per heavy atom. The Balaban J connectivity index is 0.00000676. The van der Waals surface area contributed by atoms with Crippen LogP contribution in [-0.4, -0.2) is 0 Å². The van der Waals surface area contributed by atoms with Gasteiger partial charge < -0.3 is 6.15 Å². The molecular weight excluding hydrogens is 326 g/mol. The highest BCUT2D eigenvalue weighted by Gasteiger charge is 2.16. The first kappa shape index (κ1) is 26.2. The molecule has 0 aliphatic heterocycles. The molecule has 0 aliphatic carbocycles. The van der Waals surface area contributed by atoms with Gasteiger partial charge in [-0.3, -0.25) is 0 Å². The first-order valence-electron chi connectivity index (χ1n) is 11.6. The quantitative estimate of drug-likeness (QED) is 0.305. The van der Waals surface area contributed by atoms with Crippen LogP contribution in [0.2, 0.25) is 0 Å². The van der Waals surface area contributed by atoms with Gasteiger partial charge in [-0.1, -0.05) is 135 Å². The van der Waals surface area contributed by atoms with Crippen molar-refractivity contribution in [3.05, 3.63) is 35.4 Å². The van der Waals surface area contributed by atoms with Gasteiger partial charge >= 0.3 is 0 Å². The molecule has 0 fully saturated rings. The van der Waals surface area contributed by atoms with E-state index in [2.05, 4.69) is 52.0 Å². The van der Waals surface area contributed by atoms with Crippen LogP contribution in [0.25, 0.3) is 0 Å². The third kappa shape index (κ3) is 13.1. The van der Waals surface area contributed by atoms with Crippen LogP contribution < -0.4 is 6.15 Å². The summed E-state index contributed by atoms with van der Waals surface area (Å²) >= 11 is 0. The van der Waals surface area contributed by atoms with E-state index in [9.17, 15) is 0 Å². The minimum Gasteiger partial charge on any atom is -0.344 e. The van der Waals surface area contributed by atoms with E-state index in [1.807, 2.05) is 0 Å². The molecule has 1 aromatic carbocycles. The minimum absolute atomic E-state index is 0. The highest BCUT2D eigenvalue weighted by Crippen LogP contribution is 2.27. The highest BCUT2D eigenvalue weighted by atomic mass is 14.2. The minimum atomic E-state index is 0. The van der Waals surface area contributed by atoms with E-state index in [0.717, 1.165) is 0 Å². The van der Waals surface area contributed by atoms with Gasteiger partial charge in [0, 0.05) is 0 Å². The van der Waals surface area contributed by atoms with E-state index >= 15 is 0 Å². The molecule has 1 rings (SSSR count). The van der Waals surface area contributed by atoms with Crippen molar-refractivity contribution in [2.75, 3.05) is 0 Å². The van der Waals surface area contributed by atoms with Gasteiger partial charge in [0.2, 0.25) is 0 Å². The molecule has 0 radical (unpaired) electrons. The zero-order valence-electron chi connectivity index (χ0n) is 19.1. The van der Waals surface area contributed by atoms with Crippen molar-refractivity contribution in [2.24, 2.45) is 0 Å². The van der Waals surface area contributed by atoms with Crippen LogP contribution in [-0.2, 0) is 11.8 Å². The smallest absolute Gasteiger partial charge is 0.0129 e. The maximum atomic E-state index is 2.34. The number of aryl methyl sites for hydroxylation is 1. The maximum Gasteiger partial charge on any atom is -0.0129 e. The molecule has 158 valence electrons. The third-order valence-electron chi connectivity index (χ3n) is 5.63. The number of unbranched alkanes of at least 4 members (excludes halogenated alkanes) is 13. The predicted molar refractivity (Wildman–Crippen MR) is 124 cm³/mol. The number of rotatable bonds is 15. The van der Waals surface area contributed by atoms with Crippen molar-refractivity contribution >= 4 is 0 Å². The first-order chi connectivity index (χ1) is 12.6. The van der Waals surface area contributed by atoms with Gasteiger partial charge in [-0.15, -0.1) is 0 Å². The van der Waals surface area contributed by atoms with E-state index in [1.54, 1.807) is 5.56 Å². The van der Waals surface area contributed by atoms with E-state index in [4.69, 9.17) is 0 Å². The molecule has 1 nitrogen and oxygen atoms in total. The molecule has 0 saturated heterocycles. The van der Waals surface area contributed by atoms with Gasteiger partial charge in [-0.2, -0.15) is 0 Å². The van der Waals surface area contributed by atoms with Crippen molar-refractivity contribution in [2.45, 2.75) is 129 Å². The molecule has 0 unspecified atom stereocenters. The van der Waals surface area contributed by atoms with Gasteiger partial charge in [0.25, 0.3) is 0 Å². The van der Waals surface area contributed by atoms with Crippen LogP contribution in [0, 0.1) is 0 Å². The fraction of sp³-hybridized carbons (Fsp3) is 0.769. The topological polar surface area (TPSA) is 35.0 Å². The van der Waals surface area contributed by atoms with Gasteiger partial charge in [-0.05, 0) is 29.4 Å². The second-order valence-corrected chi connectivity index (χ2v) is 9.25. The zero-order chi connectivity index (χ0) is 19.1. The summed E-state index contributed by atoms with van der Waals surface area (Å²) in [6, 6.07) is 9.05. The highest BCUT2D eigenvalue weighted by molar-refractivity contribution is 5.32. The van der Waals surface area contributed by atoms with Crippen molar-refractivity contribution in [1.82, 2.24) is 6.15 Å². The molecule has 0 aliphatic rings. The maximum absolute atomic E-state index is 2.34. The lowest BCUT2D eigenvalue weighted by Crippen LogP contribution is -2.14. The summed E-state index contributed by atoms with van der Waals surface area (Å²) in [7, 11) is 0. The molecule has 0 atom stereocenters. The first-order valence-corrected chi connectivity index (χ1v) is 11.6. The summed E-state index contributed by atoms with van der Waals surface area (Å²) in [5.74, 6) is 0. The molecule has 0 spiro atoms. The molecular formula is C26H49N. The Bertz CT molecular complexity index is 444. The molecule has 0 aromatic heterocycles. The second kappa shape index (κ2) is 16.2. The number of hydrogen-bond acceptors (Lipinski definition) is 1. The van der Waals surface area contributed by atoms with Crippen LogP contribution in [0.1, 0.15) is 129 Å². The third-order valence-corrected chi connectivity index (χ3v) is 5.63. The molecule has 0 amide bonds. The largest absolute Gasteiger partial charge is 0.344 e. The van der Waals surface area contributed by atoms with Crippen molar-refractivity contribution < 1.29 is 0 Å². The number of hydrogen-bond donors (Lipinski definition) is 1. The Hall–Kier alpha value is -0.820. The summed E-state index contributed by atoms with van der Waals surface area (Å²) in [5.41, 5.74) is 3.38. The summed E-state index contributed by atoms with van der Waals surface area (Å²) in [6.07, 6.45) is 21.4. The van der Waals surface area contributed by atoms with Gasteiger partial charge in [0.1, 0.15) is 0 Å². The molecule has 1 heteroatoms. The van der Waals surface area contributed by atoms with E-state index in [1.165, 1.54) is 102 Å². The average molecular weight is 376 g/mol. The van der Waals surface area contributed by atoms with Gasteiger partial charge in [0.15, 0.2) is 0 Å². The Morgan fingerprint density at radius 3 is 1.44 bits per heavy atom. The van der Waals surface area contributed by atoms with Crippen molar-refractivity contribution in [1.29, 1.82) is 0 Å². The SMILES string of the molecule is CCCCCCCCCCCCCCCCc1ccccc1C(C)(C)C.N. The van der Waals surface area contributed by atoms with E-state index < -0.39 is 0 Å². The average Bonchev–Trinajstić information content (AvgIpc) is 2.61. The summed E-state index contributed by atoms with van der Waals surface area (Å²) in [6.45, 7) is 9.29. The zero-order valence-corrected chi connectivity index (χ0v) is 19.1. The second-order valence-electron chi connectivity index (χ2n) is 9.25. The Labute approximate surface area is 171 Å². The van der Waals surface area contributed by atoms with Crippen LogP contribution in [0.4, 0.5) is 0 Å². The van der Waals surface area contributed by atoms with Crippen LogP contribution in [0.15, 0.2) is 24.3 Å². The summed E-state index contributed by atoms with van der Waals surface area (Å²) < 4.78 is 0. The van der Waals surface area contributed by atoms with Crippen LogP contribution in [0.3, 0.4) is 0 Å². The normalized spacial score (nSPS) is 11.4.